The van der Waals surface area contributed by atoms with Crippen molar-refractivity contribution in [3.63, 3.8) is 0 Å². The van der Waals surface area contributed by atoms with Gasteiger partial charge in [-0.1, -0.05) is 13.8 Å². The Balaban J connectivity index is 1.78. The quantitative estimate of drug-likeness (QED) is 0.885. The van der Waals surface area contributed by atoms with Crippen LogP contribution in [0.15, 0.2) is 0 Å². The molecule has 2 heterocycles. The first-order chi connectivity index (χ1) is 9.25. The van der Waals surface area contributed by atoms with Gasteiger partial charge in [-0.3, -0.25) is 0 Å². The van der Waals surface area contributed by atoms with Crippen LogP contribution in [0.1, 0.15) is 68.7 Å². The van der Waals surface area contributed by atoms with Crippen LogP contribution in [-0.2, 0) is 13.0 Å². The van der Waals surface area contributed by atoms with Crippen LogP contribution in [0.3, 0.4) is 0 Å². The number of hydrogen-bond acceptors (Lipinski definition) is 2. The lowest BCUT2D eigenvalue weighted by atomic mass is 9.97. The van der Waals surface area contributed by atoms with Crippen molar-refractivity contribution in [1.29, 1.82) is 0 Å². The van der Waals surface area contributed by atoms with Gasteiger partial charge in [0.1, 0.15) is 5.82 Å². The zero-order chi connectivity index (χ0) is 13.0. The van der Waals surface area contributed by atoms with Gasteiger partial charge in [-0.2, -0.15) is 0 Å². The molecular formula is C16H25N3. The Morgan fingerprint density at radius 3 is 2.68 bits per heavy atom. The maximum Gasteiger partial charge on any atom is 0.112 e. The van der Waals surface area contributed by atoms with Gasteiger partial charge in [0.05, 0.1) is 5.69 Å². The van der Waals surface area contributed by atoms with E-state index < -0.39 is 0 Å². The topological polar surface area (TPSA) is 29.9 Å². The molecule has 3 atom stereocenters. The lowest BCUT2D eigenvalue weighted by molar-refractivity contribution is 0.338. The Bertz CT molecular complexity index is 486. The van der Waals surface area contributed by atoms with Gasteiger partial charge in [-0.25, -0.2) is 4.98 Å². The van der Waals surface area contributed by atoms with Gasteiger partial charge in [0.15, 0.2) is 0 Å². The molecule has 4 rings (SSSR count). The van der Waals surface area contributed by atoms with E-state index in [4.69, 9.17) is 4.98 Å². The fraction of sp³-hybridized carbons (Fsp3) is 0.812. The van der Waals surface area contributed by atoms with E-state index in [-0.39, 0.29) is 0 Å². The molecule has 3 heteroatoms. The van der Waals surface area contributed by atoms with Crippen LogP contribution in [0.4, 0.5) is 0 Å². The normalized spacial score (nSPS) is 34.5. The second kappa shape index (κ2) is 4.34. The number of aromatic nitrogens is 2. The van der Waals surface area contributed by atoms with E-state index in [9.17, 15) is 0 Å². The van der Waals surface area contributed by atoms with Gasteiger partial charge >= 0.3 is 0 Å². The van der Waals surface area contributed by atoms with Crippen LogP contribution in [0, 0.1) is 11.8 Å². The van der Waals surface area contributed by atoms with E-state index in [0.29, 0.717) is 0 Å². The summed E-state index contributed by atoms with van der Waals surface area (Å²) in [6.07, 6.45) is 6.64. The molecule has 3 unspecified atom stereocenters. The minimum Gasteiger partial charge on any atom is -0.328 e. The van der Waals surface area contributed by atoms with Crippen molar-refractivity contribution in [1.82, 2.24) is 14.9 Å². The average molecular weight is 259 g/mol. The molecule has 0 radical (unpaired) electrons. The molecule has 1 N–H and O–H groups in total. The summed E-state index contributed by atoms with van der Waals surface area (Å²) < 4.78 is 2.70. The predicted molar refractivity (Wildman–Crippen MR) is 76.2 cm³/mol. The molecule has 0 bridgehead atoms. The molecule has 2 fully saturated rings. The molecule has 2 aliphatic carbocycles. The molecule has 104 valence electrons. The van der Waals surface area contributed by atoms with Gasteiger partial charge in [0, 0.05) is 37.2 Å². The molecule has 0 spiro atoms. The molecule has 0 aromatic carbocycles. The van der Waals surface area contributed by atoms with Crippen LogP contribution >= 0.6 is 0 Å². The third-order valence-electron chi connectivity index (χ3n) is 5.65. The fourth-order valence-corrected chi connectivity index (χ4v) is 4.06. The van der Waals surface area contributed by atoms with Crippen molar-refractivity contribution >= 4 is 0 Å². The van der Waals surface area contributed by atoms with E-state index in [1.165, 1.54) is 43.6 Å². The van der Waals surface area contributed by atoms with E-state index in [2.05, 4.69) is 23.7 Å². The highest BCUT2D eigenvalue weighted by atomic mass is 15.2. The van der Waals surface area contributed by atoms with Gasteiger partial charge in [-0.15, -0.1) is 0 Å². The highest BCUT2D eigenvalue weighted by molar-refractivity contribution is 5.25. The van der Waals surface area contributed by atoms with Crippen molar-refractivity contribution in [2.24, 2.45) is 11.8 Å². The van der Waals surface area contributed by atoms with Crippen molar-refractivity contribution < 1.29 is 0 Å². The maximum atomic E-state index is 5.02. The minimum atomic E-state index is 0.722. The zero-order valence-corrected chi connectivity index (χ0v) is 12.2. The third kappa shape index (κ3) is 1.85. The van der Waals surface area contributed by atoms with Gasteiger partial charge in [0.25, 0.3) is 0 Å². The molecule has 19 heavy (non-hydrogen) atoms. The largest absolute Gasteiger partial charge is 0.328 e. The van der Waals surface area contributed by atoms with Crippen molar-refractivity contribution in [3.8, 4) is 0 Å². The number of nitrogens with one attached hydrogen (secondary N) is 1. The molecule has 3 nitrogen and oxygen atoms in total. The van der Waals surface area contributed by atoms with Crippen LogP contribution in [0.2, 0.25) is 0 Å². The first kappa shape index (κ1) is 12.0. The summed E-state index contributed by atoms with van der Waals surface area (Å²) in [7, 11) is 0. The van der Waals surface area contributed by atoms with Crippen molar-refractivity contribution in [2.75, 3.05) is 6.54 Å². The zero-order valence-electron chi connectivity index (χ0n) is 12.2. The summed E-state index contributed by atoms with van der Waals surface area (Å²) in [6.45, 7) is 6.98. The maximum absolute atomic E-state index is 5.02. The number of rotatable bonds is 2. The fourth-order valence-electron chi connectivity index (χ4n) is 4.06. The molecule has 2 saturated carbocycles. The summed E-state index contributed by atoms with van der Waals surface area (Å²) in [5.41, 5.74) is 2.91. The predicted octanol–water partition coefficient (Wildman–Crippen LogP) is 3.01. The monoisotopic (exact) mass is 259 g/mol. The molecule has 0 saturated heterocycles. The highest BCUT2D eigenvalue weighted by Crippen LogP contribution is 2.46. The Labute approximate surface area is 115 Å². The van der Waals surface area contributed by atoms with Gasteiger partial charge in [-0.05, 0) is 37.5 Å². The van der Waals surface area contributed by atoms with Crippen LogP contribution in [0.5, 0.6) is 0 Å². The van der Waals surface area contributed by atoms with Crippen molar-refractivity contribution in [3.05, 3.63) is 17.2 Å². The van der Waals surface area contributed by atoms with E-state index in [1.807, 2.05) is 0 Å². The first-order valence-electron chi connectivity index (χ1n) is 8.06. The van der Waals surface area contributed by atoms with Crippen LogP contribution in [-0.4, -0.2) is 16.1 Å². The molecule has 1 aliphatic heterocycles. The number of hydrogen-bond donors (Lipinski definition) is 1. The first-order valence-corrected chi connectivity index (χ1v) is 8.06. The van der Waals surface area contributed by atoms with Crippen molar-refractivity contribution in [2.45, 2.75) is 64.5 Å². The molecule has 1 aromatic heterocycles. The Kier molecular flexibility index (Phi) is 2.73. The van der Waals surface area contributed by atoms with Crippen LogP contribution < -0.4 is 5.32 Å². The second-order valence-corrected chi connectivity index (χ2v) is 6.92. The lowest BCUT2D eigenvalue weighted by Crippen LogP contribution is -2.27. The minimum absolute atomic E-state index is 0.722. The highest BCUT2D eigenvalue weighted by Gasteiger charge is 2.38. The Hall–Kier alpha value is -0.830. The summed E-state index contributed by atoms with van der Waals surface area (Å²) in [6, 6.07) is 0.722. The Morgan fingerprint density at radius 1 is 1.16 bits per heavy atom. The summed E-state index contributed by atoms with van der Waals surface area (Å²) in [5, 5.41) is 3.48. The van der Waals surface area contributed by atoms with E-state index in [0.717, 1.165) is 36.9 Å². The smallest absolute Gasteiger partial charge is 0.112 e. The second-order valence-electron chi connectivity index (χ2n) is 6.92. The van der Waals surface area contributed by atoms with Crippen LogP contribution in [0.25, 0.3) is 0 Å². The average Bonchev–Trinajstić information content (AvgIpc) is 3.13. The number of imidazole rings is 1. The van der Waals surface area contributed by atoms with E-state index >= 15 is 0 Å². The Morgan fingerprint density at radius 2 is 2.00 bits per heavy atom. The number of nitrogens with zero attached hydrogens (tertiary/aromatic N) is 2. The summed E-state index contributed by atoms with van der Waals surface area (Å²) >= 11 is 0. The van der Waals surface area contributed by atoms with Gasteiger partial charge < -0.3 is 9.88 Å². The molecule has 1 aromatic rings. The lowest BCUT2D eigenvalue weighted by Gasteiger charge is -2.26. The molecule has 0 amide bonds. The van der Waals surface area contributed by atoms with Gasteiger partial charge in [0.2, 0.25) is 0 Å². The van der Waals surface area contributed by atoms with E-state index in [1.54, 1.807) is 5.69 Å². The standard InChI is InChI=1S/C16H25N3/c1-10-3-6-14(11(10)2)19-15-7-8-17-9-13(15)18-16(19)12-4-5-12/h10-12,14,17H,3-9H2,1-2H3. The molecule has 3 aliphatic rings. The summed E-state index contributed by atoms with van der Waals surface area (Å²) in [4.78, 5) is 5.02. The SMILES string of the molecule is CC1CCC(n2c(C3CC3)nc3c2CCNC3)C1C. The molecular weight excluding hydrogens is 234 g/mol. The third-order valence-corrected chi connectivity index (χ3v) is 5.65. The number of fused-ring (bicyclic) bond motifs is 1. The summed E-state index contributed by atoms with van der Waals surface area (Å²) in [5.74, 6) is 3.89.